The molecule has 4 nitrogen and oxygen atoms in total. The maximum Gasteiger partial charge on any atom is 0.164 e. The summed E-state index contributed by atoms with van der Waals surface area (Å²) in [5.41, 5.74) is 0. The van der Waals surface area contributed by atoms with E-state index >= 15 is 0 Å². The Labute approximate surface area is 203 Å². The Kier molecular flexibility index (Phi) is 9.33. The molecule has 2 unspecified atom stereocenters. The van der Waals surface area contributed by atoms with Gasteiger partial charge in [-0.05, 0) is 109 Å². The Balaban J connectivity index is 1.70. The molecule has 0 aromatic rings. The third-order valence-electron chi connectivity index (χ3n) is 6.57. The van der Waals surface area contributed by atoms with Crippen LogP contribution in [0.2, 0.25) is 0 Å². The summed E-state index contributed by atoms with van der Waals surface area (Å²) >= 11 is 4.53. The average molecular weight is 630 g/mol. The van der Waals surface area contributed by atoms with Gasteiger partial charge < -0.3 is 19.7 Å². The fourth-order valence-electron chi connectivity index (χ4n) is 4.94. The molecule has 0 bridgehead atoms. The highest BCUT2D eigenvalue weighted by Crippen LogP contribution is 2.37. The first-order valence-electron chi connectivity index (χ1n) is 11.2. The van der Waals surface area contributed by atoms with Gasteiger partial charge in [0.25, 0.3) is 0 Å². The molecule has 2 saturated carbocycles. The Hall–Kier alpha value is 0.780. The van der Waals surface area contributed by atoms with Crippen molar-refractivity contribution in [3.05, 3.63) is 19.3 Å². The molecule has 1 heterocycles. The minimum atomic E-state index is -0.679. The summed E-state index contributed by atoms with van der Waals surface area (Å²) < 4.78 is 14.2. The van der Waals surface area contributed by atoms with Crippen molar-refractivity contribution >= 4 is 45.2 Å². The quantitative estimate of drug-likeness (QED) is 0.353. The molecule has 3 aliphatic rings. The molecule has 4 atom stereocenters. The van der Waals surface area contributed by atoms with Crippen LogP contribution >= 0.6 is 45.2 Å². The first-order valence-corrected chi connectivity index (χ1v) is 13.4. The van der Waals surface area contributed by atoms with E-state index in [2.05, 4.69) is 45.2 Å². The molecule has 29 heavy (non-hydrogen) atoms. The molecule has 1 aliphatic heterocycles. The van der Waals surface area contributed by atoms with Gasteiger partial charge in [-0.3, -0.25) is 0 Å². The standard InChI is InChI=1S/C23H36I2O4/c1-23(2)28-19(13-17(24)21(26)15-9-5-3-6-10-15)20(29-23)14-18(25)22(27)16-11-7-4-8-12-16/h13-16,19-22,26-27H,3-12H2,1-2H3/b17-13+,18-14+/t19-,20-,21?,22?/m1/s1. The number of hydrogen-bond donors (Lipinski definition) is 2. The van der Waals surface area contributed by atoms with E-state index in [1.165, 1.54) is 38.5 Å². The molecule has 0 radical (unpaired) electrons. The maximum absolute atomic E-state index is 10.8. The predicted octanol–water partition coefficient (Wildman–Crippen LogP) is 6.03. The van der Waals surface area contributed by atoms with Crippen molar-refractivity contribution in [1.82, 2.24) is 0 Å². The molecule has 2 N–H and O–H groups in total. The number of hydrogen-bond acceptors (Lipinski definition) is 4. The Bertz CT molecular complexity index is 542. The highest BCUT2D eigenvalue weighted by molar-refractivity contribution is 14.1. The van der Waals surface area contributed by atoms with Crippen LogP contribution in [0.1, 0.15) is 78.1 Å². The first-order chi connectivity index (χ1) is 13.8. The maximum atomic E-state index is 10.8. The number of ether oxygens (including phenoxy) is 2. The minimum Gasteiger partial charge on any atom is -0.388 e. The van der Waals surface area contributed by atoms with Gasteiger partial charge in [0.15, 0.2) is 5.79 Å². The SMILES string of the molecule is CC1(C)O[C@H](/C=C(/I)C(O)C2CCCCC2)[C@@H](/C=C(/I)C(O)C2CCCCC2)O1. The molecule has 166 valence electrons. The second-order valence-corrected chi connectivity index (χ2v) is 11.8. The zero-order chi connectivity index (χ0) is 21.0. The summed E-state index contributed by atoms with van der Waals surface area (Å²) in [6.45, 7) is 3.85. The van der Waals surface area contributed by atoms with E-state index in [1.807, 2.05) is 26.0 Å². The van der Waals surface area contributed by atoms with Crippen LogP contribution in [0.5, 0.6) is 0 Å². The summed E-state index contributed by atoms with van der Waals surface area (Å²) in [5.74, 6) is 0.0239. The van der Waals surface area contributed by atoms with Crippen molar-refractivity contribution in [2.24, 2.45) is 11.8 Å². The monoisotopic (exact) mass is 630 g/mol. The van der Waals surface area contributed by atoms with Gasteiger partial charge in [0, 0.05) is 7.16 Å². The summed E-state index contributed by atoms with van der Waals surface area (Å²) in [6, 6.07) is 0. The van der Waals surface area contributed by atoms with Crippen molar-refractivity contribution in [3.63, 3.8) is 0 Å². The third kappa shape index (κ3) is 6.88. The normalized spacial score (nSPS) is 32.3. The number of aliphatic hydroxyl groups excluding tert-OH is 2. The Morgan fingerprint density at radius 3 is 1.45 bits per heavy atom. The zero-order valence-corrected chi connectivity index (χ0v) is 22.0. The molecule has 0 amide bonds. The summed E-state index contributed by atoms with van der Waals surface area (Å²) in [4.78, 5) is 0. The highest BCUT2D eigenvalue weighted by atomic mass is 127. The van der Waals surface area contributed by atoms with Gasteiger partial charge in [0.05, 0.1) is 12.2 Å². The second-order valence-electron chi connectivity index (χ2n) is 9.35. The van der Waals surface area contributed by atoms with Crippen LogP contribution in [0.25, 0.3) is 0 Å². The molecule has 0 spiro atoms. The van der Waals surface area contributed by atoms with Crippen molar-refractivity contribution in [3.8, 4) is 0 Å². The van der Waals surface area contributed by atoms with E-state index in [4.69, 9.17) is 9.47 Å². The van der Waals surface area contributed by atoms with Gasteiger partial charge in [-0.2, -0.15) is 0 Å². The average Bonchev–Trinajstić information content (AvgIpc) is 3.00. The lowest BCUT2D eigenvalue weighted by molar-refractivity contribution is -0.139. The summed E-state index contributed by atoms with van der Waals surface area (Å²) in [7, 11) is 0. The van der Waals surface area contributed by atoms with Crippen LogP contribution in [0.4, 0.5) is 0 Å². The smallest absolute Gasteiger partial charge is 0.164 e. The van der Waals surface area contributed by atoms with Crippen LogP contribution in [-0.4, -0.2) is 40.4 Å². The molecule has 2 aliphatic carbocycles. The minimum absolute atomic E-state index is 0.251. The van der Waals surface area contributed by atoms with Crippen LogP contribution in [0, 0.1) is 11.8 Å². The lowest BCUT2D eigenvalue weighted by Gasteiger charge is -2.27. The van der Waals surface area contributed by atoms with Crippen molar-refractivity contribution in [2.45, 2.75) is 108 Å². The largest absolute Gasteiger partial charge is 0.388 e. The lowest BCUT2D eigenvalue weighted by Crippen LogP contribution is -2.27. The van der Waals surface area contributed by atoms with Gasteiger partial charge in [-0.25, -0.2) is 0 Å². The van der Waals surface area contributed by atoms with Crippen molar-refractivity contribution in [1.29, 1.82) is 0 Å². The molecular weight excluding hydrogens is 594 g/mol. The predicted molar refractivity (Wildman–Crippen MR) is 133 cm³/mol. The zero-order valence-electron chi connectivity index (χ0n) is 17.7. The third-order valence-corrected chi connectivity index (χ3v) is 8.56. The van der Waals surface area contributed by atoms with Gasteiger partial charge in [-0.1, -0.05) is 38.5 Å². The van der Waals surface area contributed by atoms with Crippen LogP contribution in [0.3, 0.4) is 0 Å². The number of rotatable bonds is 6. The fourth-order valence-corrected chi connectivity index (χ4v) is 6.66. The summed E-state index contributed by atoms with van der Waals surface area (Å²) in [5, 5.41) is 21.7. The van der Waals surface area contributed by atoms with Crippen LogP contribution in [-0.2, 0) is 9.47 Å². The van der Waals surface area contributed by atoms with Gasteiger partial charge >= 0.3 is 0 Å². The molecule has 3 fully saturated rings. The second kappa shape index (κ2) is 11.1. The van der Waals surface area contributed by atoms with E-state index < -0.39 is 18.0 Å². The Morgan fingerprint density at radius 1 is 0.759 bits per heavy atom. The number of aliphatic hydroxyl groups is 2. The van der Waals surface area contributed by atoms with Gasteiger partial charge in [0.1, 0.15) is 12.2 Å². The van der Waals surface area contributed by atoms with E-state index in [0.717, 1.165) is 32.8 Å². The molecule has 6 heteroatoms. The molecule has 3 rings (SSSR count). The van der Waals surface area contributed by atoms with Crippen molar-refractivity contribution in [2.75, 3.05) is 0 Å². The number of halogens is 2. The van der Waals surface area contributed by atoms with Crippen LogP contribution < -0.4 is 0 Å². The van der Waals surface area contributed by atoms with Gasteiger partial charge in [0.2, 0.25) is 0 Å². The molecule has 0 aromatic heterocycles. The molecule has 1 saturated heterocycles. The van der Waals surface area contributed by atoms with E-state index in [9.17, 15) is 10.2 Å². The lowest BCUT2D eigenvalue weighted by atomic mass is 9.84. The summed E-state index contributed by atoms with van der Waals surface area (Å²) in [6.07, 6.45) is 14.6. The fraction of sp³-hybridized carbons (Fsp3) is 0.826. The van der Waals surface area contributed by atoms with Gasteiger partial charge in [-0.15, -0.1) is 0 Å². The van der Waals surface area contributed by atoms with Crippen molar-refractivity contribution < 1.29 is 19.7 Å². The Morgan fingerprint density at radius 2 is 1.10 bits per heavy atom. The van der Waals surface area contributed by atoms with E-state index in [-0.39, 0.29) is 12.2 Å². The molecule has 0 aromatic carbocycles. The van der Waals surface area contributed by atoms with E-state index in [0.29, 0.717) is 11.8 Å². The van der Waals surface area contributed by atoms with E-state index in [1.54, 1.807) is 0 Å². The first kappa shape index (κ1) is 24.4. The highest BCUT2D eigenvalue weighted by Gasteiger charge is 2.40. The topological polar surface area (TPSA) is 58.9 Å². The molecular formula is C23H36I2O4. The van der Waals surface area contributed by atoms with Crippen LogP contribution in [0.15, 0.2) is 19.3 Å².